The van der Waals surface area contributed by atoms with Gasteiger partial charge in [0.05, 0.1) is 10.5 Å². The molecule has 24 heavy (non-hydrogen) atoms. The van der Waals surface area contributed by atoms with Crippen molar-refractivity contribution in [3.05, 3.63) is 46.3 Å². The van der Waals surface area contributed by atoms with Crippen LogP contribution < -0.4 is 5.32 Å². The first-order chi connectivity index (χ1) is 11.6. The molecule has 0 radical (unpaired) electrons. The SMILES string of the molecule is O=C(NCC1(O)CCOCC1)c1cc2c(s1)-c1ccccc1CC2. The zero-order valence-electron chi connectivity index (χ0n) is 13.5. The van der Waals surface area contributed by atoms with Crippen LogP contribution in [0.2, 0.25) is 0 Å². The maximum Gasteiger partial charge on any atom is 0.261 e. The van der Waals surface area contributed by atoms with E-state index in [4.69, 9.17) is 4.74 Å². The minimum absolute atomic E-state index is 0.0909. The van der Waals surface area contributed by atoms with E-state index in [9.17, 15) is 9.90 Å². The number of amides is 1. The molecular formula is C19H21NO3S. The Kier molecular flexibility index (Phi) is 4.16. The second-order valence-corrected chi connectivity index (χ2v) is 7.69. The highest BCUT2D eigenvalue weighted by atomic mass is 32.1. The van der Waals surface area contributed by atoms with Crippen molar-refractivity contribution in [1.82, 2.24) is 5.32 Å². The highest BCUT2D eigenvalue weighted by Gasteiger charge is 2.30. The van der Waals surface area contributed by atoms with Gasteiger partial charge in [-0.25, -0.2) is 0 Å². The van der Waals surface area contributed by atoms with Gasteiger partial charge in [-0.1, -0.05) is 24.3 Å². The lowest BCUT2D eigenvalue weighted by molar-refractivity contribution is -0.0605. The van der Waals surface area contributed by atoms with Gasteiger partial charge < -0.3 is 15.2 Å². The first kappa shape index (κ1) is 15.8. The van der Waals surface area contributed by atoms with Gasteiger partial charge in [-0.15, -0.1) is 11.3 Å². The van der Waals surface area contributed by atoms with Crippen LogP contribution in [-0.4, -0.2) is 36.4 Å². The Morgan fingerprint density at radius 1 is 1.21 bits per heavy atom. The molecule has 1 saturated heterocycles. The van der Waals surface area contributed by atoms with E-state index in [1.165, 1.54) is 21.6 Å². The van der Waals surface area contributed by atoms with Gasteiger partial charge in [-0.05, 0) is 35.6 Å². The van der Waals surface area contributed by atoms with Gasteiger partial charge in [0.2, 0.25) is 0 Å². The zero-order chi connectivity index (χ0) is 16.6. The van der Waals surface area contributed by atoms with Crippen LogP contribution in [0.25, 0.3) is 10.4 Å². The van der Waals surface area contributed by atoms with E-state index < -0.39 is 5.60 Å². The highest BCUT2D eigenvalue weighted by Crippen LogP contribution is 2.39. The molecule has 1 aliphatic heterocycles. The lowest BCUT2D eigenvalue weighted by Gasteiger charge is -2.31. The number of benzene rings is 1. The Morgan fingerprint density at radius 3 is 2.79 bits per heavy atom. The second-order valence-electron chi connectivity index (χ2n) is 6.64. The van der Waals surface area contributed by atoms with Crippen LogP contribution in [0.15, 0.2) is 30.3 Å². The molecule has 2 aromatic rings. The predicted molar refractivity (Wildman–Crippen MR) is 94.5 cm³/mol. The molecule has 1 amide bonds. The summed E-state index contributed by atoms with van der Waals surface area (Å²) in [5.74, 6) is -0.0909. The summed E-state index contributed by atoms with van der Waals surface area (Å²) in [7, 11) is 0. The Morgan fingerprint density at radius 2 is 1.96 bits per heavy atom. The van der Waals surface area contributed by atoms with Crippen LogP contribution in [-0.2, 0) is 17.6 Å². The van der Waals surface area contributed by atoms with E-state index in [0.717, 1.165) is 17.7 Å². The molecule has 1 fully saturated rings. The lowest BCUT2D eigenvalue weighted by Crippen LogP contribution is -2.46. The summed E-state index contributed by atoms with van der Waals surface area (Å²) in [6.07, 6.45) is 3.15. The van der Waals surface area contributed by atoms with Crippen molar-refractivity contribution in [1.29, 1.82) is 0 Å². The number of hydrogen-bond acceptors (Lipinski definition) is 4. The van der Waals surface area contributed by atoms with Crippen LogP contribution >= 0.6 is 11.3 Å². The molecule has 1 aromatic heterocycles. The molecule has 126 valence electrons. The summed E-state index contributed by atoms with van der Waals surface area (Å²) in [5, 5.41) is 13.4. The number of rotatable bonds is 3. The molecule has 0 spiro atoms. The topological polar surface area (TPSA) is 58.6 Å². The Hall–Kier alpha value is -1.69. The van der Waals surface area contributed by atoms with Gasteiger partial charge in [0.15, 0.2) is 0 Å². The van der Waals surface area contributed by atoms with E-state index in [-0.39, 0.29) is 12.5 Å². The summed E-state index contributed by atoms with van der Waals surface area (Å²) in [6.45, 7) is 1.39. The normalized spacial score (nSPS) is 18.5. The number of thiophene rings is 1. The lowest BCUT2D eigenvalue weighted by atomic mass is 9.91. The Bertz CT molecular complexity index is 762. The number of aliphatic hydroxyl groups is 1. The molecule has 0 saturated carbocycles. The molecule has 4 rings (SSSR count). The van der Waals surface area contributed by atoms with Gasteiger partial charge in [0.1, 0.15) is 0 Å². The summed E-state index contributed by atoms with van der Waals surface area (Å²) >= 11 is 1.55. The minimum Gasteiger partial charge on any atom is -0.388 e. The highest BCUT2D eigenvalue weighted by molar-refractivity contribution is 7.17. The number of carbonyl (C=O) groups excluding carboxylic acids is 1. The summed E-state index contributed by atoms with van der Waals surface area (Å²) in [5.41, 5.74) is 3.03. The van der Waals surface area contributed by atoms with Crippen molar-refractivity contribution in [2.75, 3.05) is 19.8 Å². The molecule has 0 atom stereocenters. The van der Waals surface area contributed by atoms with Gasteiger partial charge in [-0.3, -0.25) is 4.79 Å². The van der Waals surface area contributed by atoms with Crippen LogP contribution in [0, 0.1) is 0 Å². The van der Waals surface area contributed by atoms with Crippen LogP contribution in [0.5, 0.6) is 0 Å². The second kappa shape index (κ2) is 6.31. The third kappa shape index (κ3) is 2.99. The van der Waals surface area contributed by atoms with Gasteiger partial charge in [0, 0.05) is 37.5 Å². The molecule has 2 N–H and O–H groups in total. The first-order valence-electron chi connectivity index (χ1n) is 8.44. The van der Waals surface area contributed by atoms with E-state index in [2.05, 4.69) is 23.5 Å². The van der Waals surface area contributed by atoms with Crippen LogP contribution in [0.1, 0.15) is 33.6 Å². The van der Waals surface area contributed by atoms with Crippen molar-refractivity contribution < 1.29 is 14.6 Å². The van der Waals surface area contributed by atoms with Crippen molar-refractivity contribution in [3.8, 4) is 10.4 Å². The number of carbonyl (C=O) groups is 1. The summed E-state index contributed by atoms with van der Waals surface area (Å²) in [4.78, 5) is 14.5. The average molecular weight is 343 g/mol. The minimum atomic E-state index is -0.836. The van der Waals surface area contributed by atoms with Crippen molar-refractivity contribution >= 4 is 17.2 Å². The Balaban J connectivity index is 1.50. The fourth-order valence-corrected chi connectivity index (χ4v) is 4.63. The molecule has 2 aliphatic rings. The van der Waals surface area contributed by atoms with E-state index in [1.54, 1.807) is 11.3 Å². The van der Waals surface area contributed by atoms with Gasteiger partial charge >= 0.3 is 0 Å². The summed E-state index contributed by atoms with van der Waals surface area (Å²) < 4.78 is 5.27. The smallest absolute Gasteiger partial charge is 0.261 e. The fourth-order valence-electron chi connectivity index (χ4n) is 3.44. The van der Waals surface area contributed by atoms with Crippen LogP contribution in [0.4, 0.5) is 0 Å². The van der Waals surface area contributed by atoms with Crippen molar-refractivity contribution in [2.45, 2.75) is 31.3 Å². The number of fused-ring (bicyclic) bond motifs is 3. The van der Waals surface area contributed by atoms with E-state index in [1.807, 2.05) is 12.1 Å². The van der Waals surface area contributed by atoms with Crippen molar-refractivity contribution in [3.63, 3.8) is 0 Å². The Labute approximate surface area is 145 Å². The largest absolute Gasteiger partial charge is 0.388 e. The van der Waals surface area contributed by atoms with E-state index >= 15 is 0 Å². The molecule has 1 aliphatic carbocycles. The molecule has 2 heterocycles. The average Bonchev–Trinajstić information content (AvgIpc) is 3.05. The molecule has 1 aromatic carbocycles. The van der Waals surface area contributed by atoms with Gasteiger partial charge in [0.25, 0.3) is 5.91 Å². The maximum absolute atomic E-state index is 12.5. The number of nitrogens with one attached hydrogen (secondary N) is 1. The first-order valence-corrected chi connectivity index (χ1v) is 9.26. The molecule has 0 bridgehead atoms. The maximum atomic E-state index is 12.5. The summed E-state index contributed by atoms with van der Waals surface area (Å²) in [6, 6.07) is 10.4. The standard InChI is InChI=1S/C19H21NO3S/c21-18(20-12-19(22)7-9-23-10-8-19)16-11-14-6-5-13-3-1-2-4-15(13)17(14)24-16/h1-4,11,22H,5-10,12H2,(H,20,21). The number of hydrogen-bond donors (Lipinski definition) is 2. The van der Waals surface area contributed by atoms with Gasteiger partial charge in [-0.2, -0.15) is 0 Å². The third-order valence-electron chi connectivity index (χ3n) is 4.96. The quantitative estimate of drug-likeness (QED) is 0.901. The predicted octanol–water partition coefficient (Wildman–Crippen LogP) is 2.79. The third-order valence-corrected chi connectivity index (χ3v) is 6.17. The molecule has 0 unspecified atom stereocenters. The molecular weight excluding hydrogens is 322 g/mol. The molecule has 5 heteroatoms. The monoisotopic (exact) mass is 343 g/mol. The number of ether oxygens (including phenoxy) is 1. The molecule has 4 nitrogen and oxygen atoms in total. The van der Waals surface area contributed by atoms with Crippen molar-refractivity contribution in [2.24, 2.45) is 0 Å². The number of aryl methyl sites for hydroxylation is 2. The zero-order valence-corrected chi connectivity index (χ0v) is 14.3. The van der Waals surface area contributed by atoms with E-state index in [0.29, 0.717) is 26.1 Å². The van der Waals surface area contributed by atoms with Crippen LogP contribution in [0.3, 0.4) is 0 Å². The fraction of sp³-hybridized carbons (Fsp3) is 0.421.